The zero-order valence-electron chi connectivity index (χ0n) is 18.2. The highest BCUT2D eigenvalue weighted by atomic mass is 35.5. The second kappa shape index (κ2) is 10.0. The van der Waals surface area contributed by atoms with Crippen LogP contribution in [0.4, 0.5) is 0 Å². The average molecular weight is 471 g/mol. The third-order valence-electron chi connectivity index (χ3n) is 6.27. The number of amides is 2. The van der Waals surface area contributed by atoms with Gasteiger partial charge in [-0.3, -0.25) is 9.59 Å². The van der Waals surface area contributed by atoms with Crippen LogP contribution in [0.25, 0.3) is 6.08 Å². The summed E-state index contributed by atoms with van der Waals surface area (Å²) in [7, 11) is 3.47. The van der Waals surface area contributed by atoms with Crippen molar-refractivity contribution in [3.8, 4) is 5.75 Å². The van der Waals surface area contributed by atoms with Gasteiger partial charge in [-0.05, 0) is 43.0 Å². The number of carbonyl (C=O) groups is 2. The second-order valence-corrected chi connectivity index (χ2v) is 9.90. The molecule has 1 aliphatic carbocycles. The molecule has 1 saturated carbocycles. The number of thioether (sulfide) groups is 1. The topological polar surface area (TPSA) is 58.6 Å². The lowest BCUT2D eigenvalue weighted by Crippen LogP contribution is -2.52. The van der Waals surface area contributed by atoms with E-state index in [4.69, 9.17) is 16.3 Å². The van der Waals surface area contributed by atoms with Gasteiger partial charge in [0, 0.05) is 41.4 Å². The van der Waals surface area contributed by atoms with E-state index in [0.29, 0.717) is 22.9 Å². The van der Waals surface area contributed by atoms with E-state index < -0.39 is 0 Å². The van der Waals surface area contributed by atoms with Crippen LogP contribution in [0.15, 0.2) is 53.4 Å². The minimum atomic E-state index is -0.101. The number of hydrogen-bond donors (Lipinski definition) is 1. The van der Waals surface area contributed by atoms with Gasteiger partial charge in [-0.2, -0.15) is 0 Å². The van der Waals surface area contributed by atoms with Crippen LogP contribution in [0.5, 0.6) is 5.75 Å². The summed E-state index contributed by atoms with van der Waals surface area (Å²) in [4.78, 5) is 28.4. The molecule has 2 aromatic rings. The van der Waals surface area contributed by atoms with Crippen molar-refractivity contribution in [1.29, 1.82) is 0 Å². The van der Waals surface area contributed by atoms with E-state index in [1.54, 1.807) is 18.9 Å². The molecule has 1 saturated heterocycles. The normalized spacial score (nSPS) is 24.2. The monoisotopic (exact) mass is 470 g/mol. The fourth-order valence-corrected chi connectivity index (χ4v) is 6.11. The van der Waals surface area contributed by atoms with Gasteiger partial charge in [0.1, 0.15) is 5.75 Å². The highest BCUT2D eigenvalue weighted by molar-refractivity contribution is 8.04. The minimum absolute atomic E-state index is 0.00810. The number of hydrogen-bond acceptors (Lipinski definition) is 4. The maximum Gasteiger partial charge on any atom is 0.260 e. The van der Waals surface area contributed by atoms with Crippen molar-refractivity contribution in [3.05, 3.63) is 69.6 Å². The molecule has 1 N–H and O–H groups in total. The molecule has 0 bridgehead atoms. The number of nitrogens with zero attached hydrogens (tertiary/aromatic N) is 1. The van der Waals surface area contributed by atoms with E-state index in [2.05, 4.69) is 5.32 Å². The summed E-state index contributed by atoms with van der Waals surface area (Å²) in [5.74, 6) is 0.697. The fourth-order valence-electron chi connectivity index (χ4n) is 4.44. The maximum absolute atomic E-state index is 13.0. The van der Waals surface area contributed by atoms with Crippen LogP contribution < -0.4 is 10.1 Å². The first-order valence-corrected chi connectivity index (χ1v) is 12.0. The molecular formula is C25H27ClN2O3S. The van der Waals surface area contributed by atoms with Crippen LogP contribution in [-0.2, 0) is 16.1 Å². The summed E-state index contributed by atoms with van der Waals surface area (Å²) in [5.41, 5.74) is 1.80. The van der Waals surface area contributed by atoms with Crippen LogP contribution in [0.1, 0.15) is 30.4 Å². The molecule has 2 amide bonds. The Morgan fingerprint density at radius 1 is 1.22 bits per heavy atom. The number of nitrogens with one attached hydrogen (secondary N) is 1. The van der Waals surface area contributed by atoms with Gasteiger partial charge in [0.25, 0.3) is 5.91 Å². The van der Waals surface area contributed by atoms with E-state index in [-0.39, 0.29) is 29.0 Å². The van der Waals surface area contributed by atoms with Crippen molar-refractivity contribution in [2.75, 3.05) is 14.2 Å². The van der Waals surface area contributed by atoms with Crippen LogP contribution in [0.3, 0.4) is 0 Å². The number of rotatable bonds is 5. The third-order valence-corrected chi connectivity index (χ3v) is 8.01. The molecule has 32 heavy (non-hydrogen) atoms. The predicted octanol–water partition coefficient (Wildman–Crippen LogP) is 4.75. The SMILES string of the molecule is COc1ccccc1CNC(=O)C1CCC2S/C(=C\c3ccccc3Cl)C(=O)N(C)C2C1. The zero-order valence-corrected chi connectivity index (χ0v) is 19.8. The third kappa shape index (κ3) is 4.81. The molecule has 1 heterocycles. The molecule has 7 heteroatoms. The van der Waals surface area contributed by atoms with E-state index in [1.807, 2.05) is 66.6 Å². The van der Waals surface area contributed by atoms with Crippen molar-refractivity contribution in [3.63, 3.8) is 0 Å². The number of carbonyl (C=O) groups excluding carboxylic acids is 2. The molecule has 168 valence electrons. The van der Waals surface area contributed by atoms with Crippen LogP contribution in [0, 0.1) is 5.92 Å². The number of halogens is 1. The van der Waals surface area contributed by atoms with Gasteiger partial charge < -0.3 is 15.0 Å². The first kappa shape index (κ1) is 22.7. The summed E-state index contributed by atoms with van der Waals surface area (Å²) in [5, 5.41) is 3.97. The highest BCUT2D eigenvalue weighted by Crippen LogP contribution is 2.43. The molecule has 1 aliphatic heterocycles. The van der Waals surface area contributed by atoms with Crippen molar-refractivity contribution < 1.29 is 14.3 Å². The minimum Gasteiger partial charge on any atom is -0.496 e. The summed E-state index contributed by atoms with van der Waals surface area (Å²) >= 11 is 7.90. The number of likely N-dealkylation sites (N-methyl/N-ethyl adjacent to an activating group) is 1. The number of fused-ring (bicyclic) bond motifs is 1. The van der Waals surface area contributed by atoms with Gasteiger partial charge in [0.2, 0.25) is 5.91 Å². The largest absolute Gasteiger partial charge is 0.496 e. The molecule has 0 spiro atoms. The van der Waals surface area contributed by atoms with Gasteiger partial charge in [0.05, 0.1) is 12.0 Å². The molecule has 0 radical (unpaired) electrons. The van der Waals surface area contributed by atoms with Crippen molar-refractivity contribution in [2.45, 2.75) is 37.1 Å². The molecular weight excluding hydrogens is 444 g/mol. The molecule has 0 aromatic heterocycles. The van der Waals surface area contributed by atoms with E-state index >= 15 is 0 Å². The Kier molecular flexibility index (Phi) is 7.11. The van der Waals surface area contributed by atoms with Crippen LogP contribution >= 0.6 is 23.4 Å². The van der Waals surface area contributed by atoms with Gasteiger partial charge >= 0.3 is 0 Å². The standard InChI is InChI=1S/C25H27ClN2O3S/c1-28-20-13-17(24(29)27-15-18-8-4-6-10-21(18)31-2)11-12-22(20)32-23(25(28)30)14-16-7-3-5-9-19(16)26/h3-10,14,17,20,22H,11-13,15H2,1-2H3,(H,27,29)/b23-14-. The number of benzene rings is 2. The first-order chi connectivity index (χ1) is 15.5. The Bertz CT molecular complexity index is 1040. The Morgan fingerprint density at radius 2 is 1.97 bits per heavy atom. The summed E-state index contributed by atoms with van der Waals surface area (Å²) in [6, 6.07) is 15.3. The van der Waals surface area contributed by atoms with Gasteiger partial charge in [-0.15, -0.1) is 11.8 Å². The van der Waals surface area contributed by atoms with E-state index in [0.717, 1.165) is 29.7 Å². The fraction of sp³-hybridized carbons (Fsp3) is 0.360. The molecule has 3 unspecified atom stereocenters. The smallest absolute Gasteiger partial charge is 0.260 e. The Balaban J connectivity index is 1.41. The summed E-state index contributed by atoms with van der Waals surface area (Å²) in [6.07, 6.45) is 4.26. The lowest BCUT2D eigenvalue weighted by Gasteiger charge is -2.44. The Morgan fingerprint density at radius 3 is 2.75 bits per heavy atom. The number of methoxy groups -OCH3 is 1. The molecule has 3 atom stereocenters. The predicted molar refractivity (Wildman–Crippen MR) is 130 cm³/mol. The van der Waals surface area contributed by atoms with E-state index in [1.165, 1.54) is 0 Å². The lowest BCUT2D eigenvalue weighted by molar-refractivity contribution is -0.132. The quantitative estimate of drug-likeness (QED) is 0.641. The van der Waals surface area contributed by atoms with Gasteiger partial charge in [-0.1, -0.05) is 48.0 Å². The van der Waals surface area contributed by atoms with E-state index in [9.17, 15) is 9.59 Å². The molecule has 2 aromatic carbocycles. The van der Waals surface area contributed by atoms with Crippen molar-refractivity contribution in [1.82, 2.24) is 10.2 Å². The Labute approximate surface area is 198 Å². The number of ether oxygens (including phenoxy) is 1. The maximum atomic E-state index is 13.0. The zero-order chi connectivity index (χ0) is 22.7. The highest BCUT2D eigenvalue weighted by Gasteiger charge is 2.42. The van der Waals surface area contributed by atoms with Gasteiger partial charge in [-0.25, -0.2) is 0 Å². The second-order valence-electron chi connectivity index (χ2n) is 8.21. The first-order valence-electron chi connectivity index (χ1n) is 10.8. The van der Waals surface area contributed by atoms with Crippen molar-refractivity contribution >= 4 is 41.3 Å². The Hall–Kier alpha value is -2.44. The summed E-state index contributed by atoms with van der Waals surface area (Å²) in [6.45, 7) is 0.432. The van der Waals surface area contributed by atoms with Crippen molar-refractivity contribution in [2.24, 2.45) is 5.92 Å². The molecule has 2 aliphatic rings. The summed E-state index contributed by atoms with van der Waals surface area (Å²) < 4.78 is 5.37. The number of para-hydroxylation sites is 1. The van der Waals surface area contributed by atoms with Gasteiger partial charge in [0.15, 0.2) is 0 Å². The van der Waals surface area contributed by atoms with Crippen LogP contribution in [-0.4, -0.2) is 42.2 Å². The molecule has 5 nitrogen and oxygen atoms in total. The van der Waals surface area contributed by atoms with Crippen LogP contribution in [0.2, 0.25) is 5.02 Å². The molecule has 4 rings (SSSR count). The molecule has 2 fully saturated rings. The lowest BCUT2D eigenvalue weighted by atomic mass is 9.83. The average Bonchev–Trinajstić information content (AvgIpc) is 2.82.